The van der Waals surface area contributed by atoms with Gasteiger partial charge in [0.25, 0.3) is 6.47 Å². The van der Waals surface area contributed by atoms with E-state index in [0.29, 0.717) is 12.0 Å². The van der Waals surface area contributed by atoms with E-state index in [1.54, 1.807) is 12.1 Å². The predicted molar refractivity (Wildman–Crippen MR) is 102 cm³/mol. The summed E-state index contributed by atoms with van der Waals surface area (Å²) < 4.78 is 9.73. The van der Waals surface area contributed by atoms with Crippen molar-refractivity contribution in [3.05, 3.63) is 51.6 Å². The fourth-order valence-electron chi connectivity index (χ4n) is 4.32. The maximum atomic E-state index is 13.2. The van der Waals surface area contributed by atoms with Crippen molar-refractivity contribution in [1.82, 2.24) is 0 Å². The van der Waals surface area contributed by atoms with Crippen LogP contribution in [0.4, 0.5) is 0 Å². The van der Waals surface area contributed by atoms with Gasteiger partial charge in [-0.05, 0) is 25.3 Å². The zero-order chi connectivity index (χ0) is 21.6. The molecule has 0 amide bonds. The number of phenols is 2. The fourth-order valence-corrected chi connectivity index (χ4v) is 4.32. The van der Waals surface area contributed by atoms with Gasteiger partial charge in [-0.15, -0.1) is 0 Å². The van der Waals surface area contributed by atoms with Gasteiger partial charge in [-0.2, -0.15) is 0 Å². The highest BCUT2D eigenvalue weighted by Crippen LogP contribution is 2.47. The molecule has 8 heteroatoms. The van der Waals surface area contributed by atoms with Gasteiger partial charge in [-0.3, -0.25) is 19.2 Å². The van der Waals surface area contributed by atoms with Crippen LogP contribution in [0.2, 0.25) is 0 Å². The van der Waals surface area contributed by atoms with E-state index < -0.39 is 23.2 Å². The van der Waals surface area contributed by atoms with Crippen LogP contribution in [0.3, 0.4) is 0 Å². The molecule has 2 aromatic rings. The van der Waals surface area contributed by atoms with Crippen molar-refractivity contribution >= 4 is 23.8 Å². The molecule has 1 atom stereocenters. The summed E-state index contributed by atoms with van der Waals surface area (Å²) in [6.07, 6.45) is 0.636. The zero-order valence-corrected chi connectivity index (χ0v) is 16.1. The lowest BCUT2D eigenvalue weighted by atomic mass is 9.75. The molecule has 2 aromatic carbocycles. The molecule has 0 saturated carbocycles. The minimum absolute atomic E-state index is 0.0435. The summed E-state index contributed by atoms with van der Waals surface area (Å²) in [5.74, 6) is -2.63. The van der Waals surface area contributed by atoms with Crippen molar-refractivity contribution in [1.29, 1.82) is 0 Å². The Morgan fingerprint density at radius 1 is 1.10 bits per heavy atom. The normalized spacial score (nSPS) is 16.9. The maximum Gasteiger partial charge on any atom is 0.293 e. The third kappa shape index (κ3) is 2.75. The van der Waals surface area contributed by atoms with Crippen LogP contribution >= 0.6 is 0 Å². The molecule has 0 bridgehead atoms. The third-order valence-electron chi connectivity index (χ3n) is 5.77. The smallest absolute Gasteiger partial charge is 0.293 e. The topological polar surface area (TPSA) is 127 Å². The molecule has 0 radical (unpaired) electrons. The first-order valence-corrected chi connectivity index (χ1v) is 9.34. The van der Waals surface area contributed by atoms with Gasteiger partial charge in [-0.25, -0.2) is 0 Å². The van der Waals surface area contributed by atoms with Gasteiger partial charge < -0.3 is 19.7 Å². The number of methoxy groups -OCH3 is 1. The van der Waals surface area contributed by atoms with Crippen LogP contribution in [-0.2, 0) is 27.2 Å². The average Bonchev–Trinajstić information content (AvgIpc) is 2.77. The quantitative estimate of drug-likeness (QED) is 0.481. The number of aromatic hydroxyl groups is 2. The second kappa shape index (κ2) is 7.29. The predicted octanol–water partition coefficient (Wildman–Crippen LogP) is 1.73. The molecule has 4 rings (SSSR count). The lowest BCUT2D eigenvalue weighted by Crippen LogP contribution is -2.28. The molecule has 0 heterocycles. The molecular weight excluding hydrogens is 392 g/mol. The minimum Gasteiger partial charge on any atom is -0.507 e. The molecule has 0 aliphatic heterocycles. The summed E-state index contributed by atoms with van der Waals surface area (Å²) in [6, 6.07) is 4.56. The number of Topliss-reactive ketones (excluding diaryl/α,β-unsaturated/α-hetero) is 1. The van der Waals surface area contributed by atoms with Crippen LogP contribution < -0.4 is 4.74 Å². The van der Waals surface area contributed by atoms with E-state index in [2.05, 4.69) is 4.74 Å². The Morgan fingerprint density at radius 3 is 2.50 bits per heavy atom. The number of hydrogen-bond donors (Lipinski definition) is 2. The molecule has 8 nitrogen and oxygen atoms in total. The summed E-state index contributed by atoms with van der Waals surface area (Å²) in [7, 11) is 1.37. The molecule has 2 N–H and O–H groups in total. The largest absolute Gasteiger partial charge is 0.507 e. The lowest BCUT2D eigenvalue weighted by molar-refractivity contribution is -0.138. The van der Waals surface area contributed by atoms with E-state index in [1.807, 2.05) is 0 Å². The van der Waals surface area contributed by atoms with Crippen molar-refractivity contribution in [2.75, 3.05) is 13.7 Å². The van der Waals surface area contributed by atoms with Crippen molar-refractivity contribution in [2.24, 2.45) is 5.92 Å². The van der Waals surface area contributed by atoms with Gasteiger partial charge in [0.1, 0.15) is 23.9 Å². The standard InChI is InChI=1S/C22H18O8/c1-29-15-4-2-3-12-16(15)22(28)18-17(20(12)26)21(27)13-7-10(14(24)8-30-9-23)5-6-11(13)19(18)25/h2-4,9-10,25,27H,5-8H2,1H3/t10-/m0/s1. The molecule has 0 saturated heterocycles. The fraction of sp³-hybridized carbons (Fsp3) is 0.273. The molecule has 154 valence electrons. The SMILES string of the molecule is COc1cccc2c1C(=O)c1c(O)c3c(c(O)c1C2=O)C[C@@H](C(=O)COC=O)CC3. The number of hydrogen-bond acceptors (Lipinski definition) is 8. The van der Waals surface area contributed by atoms with E-state index >= 15 is 0 Å². The Bertz CT molecular complexity index is 1110. The van der Waals surface area contributed by atoms with Gasteiger partial charge in [0.05, 0.1) is 23.8 Å². The Kier molecular flexibility index (Phi) is 4.77. The van der Waals surface area contributed by atoms with E-state index in [9.17, 15) is 29.4 Å². The van der Waals surface area contributed by atoms with Gasteiger partial charge in [0.2, 0.25) is 5.78 Å². The highest BCUT2D eigenvalue weighted by Gasteiger charge is 2.41. The Balaban J connectivity index is 1.85. The van der Waals surface area contributed by atoms with Crippen LogP contribution in [0.15, 0.2) is 18.2 Å². The number of ketones is 3. The molecule has 30 heavy (non-hydrogen) atoms. The second-order valence-corrected chi connectivity index (χ2v) is 7.26. The molecule has 2 aliphatic carbocycles. The van der Waals surface area contributed by atoms with Crippen LogP contribution in [0.5, 0.6) is 17.2 Å². The molecular formula is C22H18O8. The van der Waals surface area contributed by atoms with Gasteiger partial charge in [-0.1, -0.05) is 12.1 Å². The second-order valence-electron chi connectivity index (χ2n) is 7.26. The summed E-state index contributed by atoms with van der Waals surface area (Å²) in [5.41, 5.74) is 0.198. The zero-order valence-electron chi connectivity index (χ0n) is 16.1. The van der Waals surface area contributed by atoms with Crippen molar-refractivity contribution < 1.29 is 38.9 Å². The van der Waals surface area contributed by atoms with E-state index in [1.165, 1.54) is 13.2 Å². The Labute approximate surface area is 171 Å². The average molecular weight is 410 g/mol. The minimum atomic E-state index is -0.606. The summed E-state index contributed by atoms with van der Waals surface area (Å²) in [5, 5.41) is 21.8. The number of phenolic OH excluding ortho intramolecular Hbond substituents is 2. The molecule has 0 unspecified atom stereocenters. The summed E-state index contributed by atoms with van der Waals surface area (Å²) in [6.45, 7) is -0.198. The summed E-state index contributed by atoms with van der Waals surface area (Å²) in [4.78, 5) is 48.9. The Hall–Kier alpha value is -3.68. The van der Waals surface area contributed by atoms with Crippen LogP contribution in [0.25, 0.3) is 0 Å². The van der Waals surface area contributed by atoms with Crippen molar-refractivity contribution in [3.63, 3.8) is 0 Å². The van der Waals surface area contributed by atoms with Gasteiger partial charge in [0, 0.05) is 22.6 Å². The first-order chi connectivity index (χ1) is 14.4. The number of carbonyl (C=O) groups is 4. The maximum absolute atomic E-state index is 13.2. The number of rotatable bonds is 5. The van der Waals surface area contributed by atoms with Gasteiger partial charge in [0.15, 0.2) is 11.6 Å². The number of carbonyl (C=O) groups excluding carboxylic acids is 4. The number of ether oxygens (including phenoxy) is 2. The molecule has 0 aromatic heterocycles. The highest BCUT2D eigenvalue weighted by molar-refractivity contribution is 6.31. The molecule has 0 spiro atoms. The first kappa shape index (κ1) is 19.6. The number of fused-ring (bicyclic) bond motifs is 3. The molecule has 0 fully saturated rings. The summed E-state index contributed by atoms with van der Waals surface area (Å²) >= 11 is 0. The van der Waals surface area contributed by atoms with E-state index in [4.69, 9.17) is 4.74 Å². The van der Waals surface area contributed by atoms with Crippen molar-refractivity contribution in [2.45, 2.75) is 19.3 Å². The van der Waals surface area contributed by atoms with E-state index in [-0.39, 0.29) is 71.0 Å². The molecule has 2 aliphatic rings. The monoisotopic (exact) mass is 410 g/mol. The van der Waals surface area contributed by atoms with Crippen molar-refractivity contribution in [3.8, 4) is 17.2 Å². The first-order valence-electron chi connectivity index (χ1n) is 9.34. The van der Waals surface area contributed by atoms with E-state index in [0.717, 1.165) is 0 Å². The lowest BCUT2D eigenvalue weighted by Gasteiger charge is -2.29. The Morgan fingerprint density at radius 2 is 1.80 bits per heavy atom. The van der Waals surface area contributed by atoms with Crippen LogP contribution in [0, 0.1) is 5.92 Å². The van der Waals surface area contributed by atoms with Gasteiger partial charge >= 0.3 is 0 Å². The number of benzene rings is 2. The third-order valence-corrected chi connectivity index (χ3v) is 5.77. The van der Waals surface area contributed by atoms with Crippen LogP contribution in [0.1, 0.15) is 49.4 Å². The highest BCUT2D eigenvalue weighted by atomic mass is 16.5. The van der Waals surface area contributed by atoms with Crippen LogP contribution in [-0.4, -0.2) is 47.8 Å².